The van der Waals surface area contributed by atoms with E-state index >= 15 is 0 Å². The predicted octanol–water partition coefficient (Wildman–Crippen LogP) is 1.50. The van der Waals surface area contributed by atoms with E-state index in [0.29, 0.717) is 19.5 Å². The van der Waals surface area contributed by atoms with E-state index in [1.165, 1.54) is 0 Å². The predicted molar refractivity (Wildman–Crippen MR) is 93.0 cm³/mol. The van der Waals surface area contributed by atoms with Crippen molar-refractivity contribution in [3.63, 3.8) is 0 Å². The van der Waals surface area contributed by atoms with Crippen molar-refractivity contribution in [3.8, 4) is 0 Å². The largest absolute Gasteiger partial charge is 0.465 e. The fourth-order valence-electron chi connectivity index (χ4n) is 3.28. The highest BCUT2D eigenvalue weighted by Gasteiger charge is 2.25. The highest BCUT2D eigenvalue weighted by Crippen LogP contribution is 2.23. The Bertz CT molecular complexity index is 536. The minimum atomic E-state index is 0.0489. The van der Waals surface area contributed by atoms with Gasteiger partial charge >= 0.3 is 0 Å². The van der Waals surface area contributed by atoms with Gasteiger partial charge in [0.25, 0.3) is 0 Å². The number of hydroxylamine groups is 2. The lowest BCUT2D eigenvalue weighted by atomic mass is 10.1. The third kappa shape index (κ3) is 5.54. The Morgan fingerprint density at radius 3 is 2.72 bits per heavy atom. The number of hydrogen-bond acceptors (Lipinski definition) is 6. The molecule has 2 aliphatic heterocycles. The van der Waals surface area contributed by atoms with Gasteiger partial charge in [-0.25, -0.2) is 0 Å². The Morgan fingerprint density at radius 2 is 2.04 bits per heavy atom. The van der Waals surface area contributed by atoms with Crippen molar-refractivity contribution in [1.82, 2.24) is 15.3 Å². The highest BCUT2D eigenvalue weighted by molar-refractivity contribution is 5.76. The van der Waals surface area contributed by atoms with E-state index in [1.54, 1.807) is 0 Å². The molecule has 1 aromatic rings. The minimum absolute atomic E-state index is 0.0489. The van der Waals surface area contributed by atoms with Gasteiger partial charge in [-0.15, -0.1) is 0 Å². The summed E-state index contributed by atoms with van der Waals surface area (Å²) >= 11 is 0. The van der Waals surface area contributed by atoms with Gasteiger partial charge in [0.05, 0.1) is 25.9 Å². The molecule has 1 N–H and O–H groups in total. The van der Waals surface area contributed by atoms with Crippen LogP contribution >= 0.6 is 0 Å². The van der Waals surface area contributed by atoms with E-state index in [2.05, 4.69) is 10.2 Å². The topological polar surface area (TPSA) is 67.2 Å². The van der Waals surface area contributed by atoms with Crippen LogP contribution in [-0.2, 0) is 14.4 Å². The number of nitrogens with zero attached hydrogens (tertiary/aromatic N) is 2. The molecule has 1 aromatic heterocycles. The molecule has 7 nitrogen and oxygen atoms in total. The number of hydrogen-bond donors (Lipinski definition) is 1. The number of nitrogens with one attached hydrogen (secondary N) is 1. The van der Waals surface area contributed by atoms with E-state index in [9.17, 15) is 4.79 Å². The fraction of sp³-hybridized carbons (Fsp3) is 0.722. The third-order valence-corrected chi connectivity index (χ3v) is 4.73. The fourth-order valence-corrected chi connectivity index (χ4v) is 3.28. The lowest BCUT2D eigenvalue weighted by Gasteiger charge is -2.33. The van der Waals surface area contributed by atoms with E-state index in [4.69, 9.17) is 14.0 Å². The zero-order chi connectivity index (χ0) is 17.5. The molecule has 0 bridgehead atoms. The summed E-state index contributed by atoms with van der Waals surface area (Å²) in [4.78, 5) is 20.1. The molecule has 3 rings (SSSR count). The van der Waals surface area contributed by atoms with Gasteiger partial charge in [0.15, 0.2) is 0 Å². The van der Waals surface area contributed by atoms with E-state index in [1.807, 2.05) is 24.1 Å². The van der Waals surface area contributed by atoms with Gasteiger partial charge < -0.3 is 14.5 Å². The van der Waals surface area contributed by atoms with Crippen molar-refractivity contribution in [3.05, 3.63) is 23.7 Å². The number of furan rings is 1. The molecule has 2 aliphatic rings. The standard InChI is InChI=1S/C18H29N3O4/c1-15-4-5-17(25-15)16(20-9-12-23-13-10-20)14-19-18(22)6-8-21-7-2-3-11-24-21/h4-5,16H,2-3,6-14H2,1H3,(H,19,22). The summed E-state index contributed by atoms with van der Waals surface area (Å²) in [6, 6.07) is 4.02. The molecule has 3 heterocycles. The first kappa shape index (κ1) is 18.4. The second kappa shape index (κ2) is 9.33. The van der Waals surface area contributed by atoms with Gasteiger partial charge in [0, 0.05) is 39.1 Å². The zero-order valence-electron chi connectivity index (χ0n) is 15.0. The summed E-state index contributed by atoms with van der Waals surface area (Å²) in [6.45, 7) is 7.95. The van der Waals surface area contributed by atoms with Crippen LogP contribution in [0.5, 0.6) is 0 Å². The second-order valence-electron chi connectivity index (χ2n) is 6.64. The van der Waals surface area contributed by atoms with Crippen LogP contribution in [0.2, 0.25) is 0 Å². The number of rotatable bonds is 7. The van der Waals surface area contributed by atoms with Crippen LogP contribution in [0.4, 0.5) is 0 Å². The van der Waals surface area contributed by atoms with Gasteiger partial charge in [-0.3, -0.25) is 14.5 Å². The van der Waals surface area contributed by atoms with Crippen molar-refractivity contribution in [2.45, 2.75) is 32.2 Å². The molecule has 1 unspecified atom stereocenters. The van der Waals surface area contributed by atoms with Crippen molar-refractivity contribution < 1.29 is 18.8 Å². The van der Waals surface area contributed by atoms with Crippen molar-refractivity contribution >= 4 is 5.91 Å². The minimum Gasteiger partial charge on any atom is -0.465 e. The Kier molecular flexibility index (Phi) is 6.86. The molecular formula is C18H29N3O4. The molecule has 140 valence electrons. The van der Waals surface area contributed by atoms with Crippen molar-refractivity contribution in [2.75, 3.05) is 52.5 Å². The summed E-state index contributed by atoms with van der Waals surface area (Å²) in [7, 11) is 0. The first-order chi connectivity index (χ1) is 12.2. The van der Waals surface area contributed by atoms with Gasteiger partial charge in [0.1, 0.15) is 11.5 Å². The molecule has 7 heteroatoms. The zero-order valence-corrected chi connectivity index (χ0v) is 15.0. The number of carbonyl (C=O) groups is 1. The van der Waals surface area contributed by atoms with Gasteiger partial charge in [-0.05, 0) is 31.9 Å². The molecule has 0 radical (unpaired) electrons. The Morgan fingerprint density at radius 1 is 1.20 bits per heavy atom. The highest BCUT2D eigenvalue weighted by atomic mass is 16.7. The third-order valence-electron chi connectivity index (χ3n) is 4.73. The maximum Gasteiger partial charge on any atom is 0.221 e. The average Bonchev–Trinajstić information content (AvgIpc) is 3.08. The Hall–Kier alpha value is -1.41. The molecule has 1 amide bonds. The molecule has 0 saturated carbocycles. The van der Waals surface area contributed by atoms with Gasteiger partial charge in [-0.2, -0.15) is 5.06 Å². The van der Waals surface area contributed by atoms with Crippen LogP contribution in [0.1, 0.15) is 36.8 Å². The van der Waals surface area contributed by atoms with E-state index < -0.39 is 0 Å². The maximum absolute atomic E-state index is 12.2. The summed E-state index contributed by atoms with van der Waals surface area (Å²) in [5, 5.41) is 4.96. The summed E-state index contributed by atoms with van der Waals surface area (Å²) in [5.74, 6) is 1.84. The SMILES string of the molecule is Cc1ccc(C(CNC(=O)CCN2CCCCO2)N2CCOCC2)o1. The van der Waals surface area contributed by atoms with Crippen LogP contribution in [0.15, 0.2) is 16.5 Å². The Balaban J connectivity index is 1.50. The monoisotopic (exact) mass is 351 g/mol. The lowest BCUT2D eigenvalue weighted by Crippen LogP contribution is -2.44. The van der Waals surface area contributed by atoms with Gasteiger partial charge in [0.2, 0.25) is 5.91 Å². The number of morpholine rings is 1. The van der Waals surface area contributed by atoms with Crippen molar-refractivity contribution in [1.29, 1.82) is 0 Å². The first-order valence-corrected chi connectivity index (χ1v) is 9.25. The normalized spacial score (nSPS) is 21.2. The van der Waals surface area contributed by atoms with Crippen LogP contribution in [0, 0.1) is 6.92 Å². The van der Waals surface area contributed by atoms with Crippen LogP contribution in [0.25, 0.3) is 0 Å². The number of ether oxygens (including phenoxy) is 1. The Labute approximate surface area is 149 Å². The molecule has 0 aliphatic carbocycles. The quantitative estimate of drug-likeness (QED) is 0.803. The van der Waals surface area contributed by atoms with E-state index in [-0.39, 0.29) is 11.9 Å². The van der Waals surface area contributed by atoms with Gasteiger partial charge in [-0.1, -0.05) is 0 Å². The molecule has 1 atom stereocenters. The second-order valence-corrected chi connectivity index (χ2v) is 6.64. The van der Waals surface area contributed by atoms with Crippen LogP contribution < -0.4 is 5.32 Å². The molecule has 0 aromatic carbocycles. The van der Waals surface area contributed by atoms with Crippen LogP contribution in [-0.4, -0.2) is 68.4 Å². The number of carbonyl (C=O) groups excluding carboxylic acids is 1. The smallest absolute Gasteiger partial charge is 0.221 e. The number of aryl methyl sites for hydroxylation is 1. The molecule has 2 fully saturated rings. The lowest BCUT2D eigenvalue weighted by molar-refractivity contribution is -0.181. The molecule has 25 heavy (non-hydrogen) atoms. The van der Waals surface area contributed by atoms with Crippen molar-refractivity contribution in [2.24, 2.45) is 0 Å². The summed E-state index contributed by atoms with van der Waals surface area (Å²) < 4.78 is 11.3. The number of amides is 1. The average molecular weight is 351 g/mol. The first-order valence-electron chi connectivity index (χ1n) is 9.25. The van der Waals surface area contributed by atoms with Crippen LogP contribution in [0.3, 0.4) is 0 Å². The molecular weight excluding hydrogens is 322 g/mol. The summed E-state index contributed by atoms with van der Waals surface area (Å²) in [5.41, 5.74) is 0. The maximum atomic E-state index is 12.2. The van der Waals surface area contributed by atoms with E-state index in [0.717, 1.165) is 63.8 Å². The summed E-state index contributed by atoms with van der Waals surface area (Å²) in [6.07, 6.45) is 2.69. The molecule has 0 spiro atoms. The molecule has 2 saturated heterocycles.